The predicted molar refractivity (Wildman–Crippen MR) is 127 cm³/mol. The summed E-state index contributed by atoms with van der Waals surface area (Å²) in [6.07, 6.45) is 1.44. The van der Waals surface area contributed by atoms with Crippen molar-refractivity contribution in [3.8, 4) is 11.5 Å². The van der Waals surface area contributed by atoms with Crippen molar-refractivity contribution in [2.75, 3.05) is 6.61 Å². The molecule has 3 aromatic rings. The lowest BCUT2D eigenvalue weighted by molar-refractivity contribution is 0.269. The van der Waals surface area contributed by atoms with Crippen molar-refractivity contribution in [2.24, 2.45) is 5.10 Å². The largest absolute Gasteiger partial charge is 0.490 e. The summed E-state index contributed by atoms with van der Waals surface area (Å²) in [6, 6.07) is 18.9. The number of sulfonamides is 1. The highest BCUT2D eigenvalue weighted by Gasteiger charge is 2.19. The SMILES string of the molecule is CCOc1cc(/C=N/NS(=O)(=O)c2c(C)cc(C)cc2C)ccc1OCc1ccccc1. The maximum absolute atomic E-state index is 12.7. The van der Waals surface area contributed by atoms with E-state index in [1.165, 1.54) is 6.21 Å². The number of nitrogens with one attached hydrogen (secondary N) is 1. The van der Waals surface area contributed by atoms with Crippen LogP contribution in [0.3, 0.4) is 0 Å². The van der Waals surface area contributed by atoms with Crippen LogP contribution >= 0.6 is 0 Å². The Kier molecular flexibility index (Phi) is 7.53. The van der Waals surface area contributed by atoms with E-state index in [1.807, 2.05) is 56.3 Å². The standard InChI is InChI=1S/C25H28N2O4S/c1-5-30-24-15-22(11-12-23(24)31-17-21-9-7-6-8-10-21)16-26-27-32(28,29)25-19(3)13-18(2)14-20(25)4/h6-16,27H,5,17H2,1-4H3/b26-16+. The third-order valence-electron chi connectivity index (χ3n) is 4.76. The molecular weight excluding hydrogens is 424 g/mol. The normalized spacial score (nSPS) is 11.5. The molecule has 0 fully saturated rings. The number of benzene rings is 3. The lowest BCUT2D eigenvalue weighted by atomic mass is 10.1. The molecule has 0 saturated heterocycles. The van der Waals surface area contributed by atoms with Gasteiger partial charge < -0.3 is 9.47 Å². The summed E-state index contributed by atoms with van der Waals surface area (Å²) in [4.78, 5) is 2.56. The molecule has 6 nitrogen and oxygen atoms in total. The lowest BCUT2D eigenvalue weighted by Gasteiger charge is -2.13. The first-order valence-electron chi connectivity index (χ1n) is 10.4. The molecule has 0 amide bonds. The number of rotatable bonds is 9. The molecule has 0 atom stereocenters. The van der Waals surface area contributed by atoms with Crippen LogP contribution in [0.25, 0.3) is 0 Å². The van der Waals surface area contributed by atoms with Crippen LogP contribution < -0.4 is 14.3 Å². The van der Waals surface area contributed by atoms with E-state index in [1.54, 1.807) is 32.0 Å². The Morgan fingerprint density at radius 3 is 2.25 bits per heavy atom. The Bertz CT molecular complexity index is 1180. The van der Waals surface area contributed by atoms with Crippen LogP contribution in [0.15, 0.2) is 70.7 Å². The van der Waals surface area contributed by atoms with Gasteiger partial charge in [0.15, 0.2) is 11.5 Å². The van der Waals surface area contributed by atoms with Gasteiger partial charge in [-0.25, -0.2) is 4.83 Å². The van der Waals surface area contributed by atoms with Gasteiger partial charge >= 0.3 is 0 Å². The molecule has 0 heterocycles. The second kappa shape index (κ2) is 10.3. The molecule has 0 aliphatic rings. The van der Waals surface area contributed by atoms with E-state index in [4.69, 9.17) is 9.47 Å². The summed E-state index contributed by atoms with van der Waals surface area (Å²) < 4.78 is 37.1. The zero-order valence-corrected chi connectivity index (χ0v) is 19.6. The van der Waals surface area contributed by atoms with Crippen molar-refractivity contribution in [1.29, 1.82) is 0 Å². The van der Waals surface area contributed by atoms with Crippen LogP contribution in [-0.4, -0.2) is 21.2 Å². The molecule has 3 rings (SSSR count). The zero-order valence-electron chi connectivity index (χ0n) is 18.8. The number of hydrazone groups is 1. The van der Waals surface area contributed by atoms with Crippen molar-refractivity contribution >= 4 is 16.2 Å². The first-order valence-corrected chi connectivity index (χ1v) is 11.8. The summed E-state index contributed by atoms with van der Waals surface area (Å²) in [5, 5.41) is 3.96. The molecule has 0 aromatic heterocycles. The van der Waals surface area contributed by atoms with E-state index in [-0.39, 0.29) is 4.90 Å². The van der Waals surface area contributed by atoms with Crippen molar-refractivity contribution in [2.45, 2.75) is 39.2 Å². The second-order valence-electron chi connectivity index (χ2n) is 7.49. The van der Waals surface area contributed by atoms with Crippen LogP contribution in [0.2, 0.25) is 0 Å². The minimum absolute atomic E-state index is 0.250. The van der Waals surface area contributed by atoms with Gasteiger partial charge in [0, 0.05) is 0 Å². The van der Waals surface area contributed by atoms with E-state index in [9.17, 15) is 8.42 Å². The Morgan fingerprint density at radius 2 is 1.59 bits per heavy atom. The van der Waals surface area contributed by atoms with Crippen LogP contribution in [-0.2, 0) is 16.6 Å². The monoisotopic (exact) mass is 452 g/mol. The van der Waals surface area contributed by atoms with Gasteiger partial charge in [0.05, 0.1) is 17.7 Å². The van der Waals surface area contributed by atoms with Crippen molar-refractivity contribution in [3.05, 3.63) is 88.5 Å². The molecule has 3 aromatic carbocycles. The molecule has 0 bridgehead atoms. The maximum Gasteiger partial charge on any atom is 0.277 e. The average Bonchev–Trinajstić information content (AvgIpc) is 2.73. The van der Waals surface area contributed by atoms with Gasteiger partial charge in [-0.2, -0.15) is 13.5 Å². The molecule has 1 N–H and O–H groups in total. The molecule has 0 saturated carbocycles. The number of nitrogens with zero attached hydrogens (tertiary/aromatic N) is 1. The quantitative estimate of drug-likeness (QED) is 0.370. The minimum Gasteiger partial charge on any atom is -0.490 e. The van der Waals surface area contributed by atoms with Crippen LogP contribution in [0, 0.1) is 20.8 Å². The second-order valence-corrected chi connectivity index (χ2v) is 9.09. The molecule has 7 heteroatoms. The maximum atomic E-state index is 12.7. The van der Waals surface area contributed by atoms with Gasteiger partial charge in [-0.05, 0) is 68.1 Å². The zero-order chi connectivity index (χ0) is 23.1. The fraction of sp³-hybridized carbons (Fsp3) is 0.240. The highest BCUT2D eigenvalue weighted by molar-refractivity contribution is 7.89. The third kappa shape index (κ3) is 5.88. The molecule has 0 spiro atoms. The highest BCUT2D eigenvalue weighted by atomic mass is 32.2. The summed E-state index contributed by atoms with van der Waals surface area (Å²) in [6.45, 7) is 8.28. The van der Waals surface area contributed by atoms with Gasteiger partial charge in [-0.15, -0.1) is 0 Å². The van der Waals surface area contributed by atoms with Crippen molar-refractivity contribution in [1.82, 2.24) is 4.83 Å². The Hall–Kier alpha value is -3.32. The first-order chi connectivity index (χ1) is 15.3. The summed E-state index contributed by atoms with van der Waals surface area (Å²) in [5.74, 6) is 1.18. The fourth-order valence-electron chi connectivity index (χ4n) is 3.53. The molecule has 0 unspecified atom stereocenters. The first kappa shape index (κ1) is 23.3. The fourth-order valence-corrected chi connectivity index (χ4v) is 4.78. The van der Waals surface area contributed by atoms with E-state index >= 15 is 0 Å². The van der Waals surface area contributed by atoms with E-state index < -0.39 is 10.0 Å². The molecule has 0 aliphatic carbocycles. The molecular formula is C25H28N2O4S. The van der Waals surface area contributed by atoms with Crippen molar-refractivity contribution in [3.63, 3.8) is 0 Å². The summed E-state index contributed by atoms with van der Waals surface area (Å²) in [5.41, 5.74) is 4.12. The Balaban J connectivity index is 1.74. The van der Waals surface area contributed by atoms with Crippen LogP contribution in [0.5, 0.6) is 11.5 Å². The Morgan fingerprint density at radius 1 is 0.906 bits per heavy atom. The predicted octanol–water partition coefficient (Wildman–Crippen LogP) is 4.90. The number of hydrogen-bond donors (Lipinski definition) is 1. The summed E-state index contributed by atoms with van der Waals surface area (Å²) >= 11 is 0. The third-order valence-corrected chi connectivity index (χ3v) is 6.29. The van der Waals surface area contributed by atoms with Gasteiger partial charge in [0.1, 0.15) is 6.61 Å². The summed E-state index contributed by atoms with van der Waals surface area (Å²) in [7, 11) is -3.78. The molecule has 168 valence electrons. The van der Waals surface area contributed by atoms with Gasteiger partial charge in [-0.3, -0.25) is 0 Å². The Labute approximate surface area is 190 Å². The molecule has 0 aliphatic heterocycles. The topological polar surface area (TPSA) is 77.0 Å². The number of aryl methyl sites for hydroxylation is 3. The number of ether oxygens (including phenoxy) is 2. The van der Waals surface area contributed by atoms with E-state index in [0.29, 0.717) is 41.4 Å². The molecule has 0 radical (unpaired) electrons. The lowest BCUT2D eigenvalue weighted by Crippen LogP contribution is -2.20. The van der Waals surface area contributed by atoms with Gasteiger partial charge in [0.25, 0.3) is 10.0 Å². The van der Waals surface area contributed by atoms with Crippen molar-refractivity contribution < 1.29 is 17.9 Å². The van der Waals surface area contributed by atoms with Gasteiger partial charge in [0.2, 0.25) is 0 Å². The minimum atomic E-state index is -3.78. The van der Waals surface area contributed by atoms with Crippen LogP contribution in [0.4, 0.5) is 0 Å². The van der Waals surface area contributed by atoms with Crippen LogP contribution in [0.1, 0.15) is 34.7 Å². The molecule has 32 heavy (non-hydrogen) atoms. The van der Waals surface area contributed by atoms with E-state index in [2.05, 4.69) is 9.93 Å². The smallest absolute Gasteiger partial charge is 0.277 e. The average molecular weight is 453 g/mol. The van der Waals surface area contributed by atoms with E-state index in [0.717, 1.165) is 11.1 Å². The highest BCUT2D eigenvalue weighted by Crippen LogP contribution is 2.29. The van der Waals surface area contributed by atoms with Gasteiger partial charge in [-0.1, -0.05) is 48.0 Å². The number of hydrogen-bond acceptors (Lipinski definition) is 5.